The van der Waals surface area contributed by atoms with Gasteiger partial charge in [-0.1, -0.05) is 0 Å². The van der Waals surface area contributed by atoms with Crippen LogP contribution >= 0.6 is 0 Å². The summed E-state index contributed by atoms with van der Waals surface area (Å²) in [5.74, 6) is -5.38. The van der Waals surface area contributed by atoms with E-state index in [1.807, 2.05) is 0 Å². The van der Waals surface area contributed by atoms with Gasteiger partial charge in [0.2, 0.25) is 0 Å². The van der Waals surface area contributed by atoms with Gasteiger partial charge < -0.3 is 0 Å². The average Bonchev–Trinajstić information content (AvgIpc) is 2.38. The van der Waals surface area contributed by atoms with E-state index in [1.165, 1.54) is 0 Å². The zero-order valence-electron chi connectivity index (χ0n) is 13.4. The molecule has 0 unspecified atom stereocenters. The quantitative estimate of drug-likeness (QED) is 0.390. The van der Waals surface area contributed by atoms with E-state index in [1.54, 1.807) is 0 Å². The Morgan fingerprint density at radius 2 is 0.828 bits per heavy atom. The van der Waals surface area contributed by atoms with Gasteiger partial charge >= 0.3 is 24.7 Å². The molecule has 3 nitrogen and oxygen atoms in total. The Balaban J connectivity index is 6.31. The minimum Gasteiger partial charge on any atom is -0.286 e. The third kappa shape index (κ3) is 6.45. The third-order valence-corrected chi connectivity index (χ3v) is 4.47. The Bertz CT molecular complexity index is 588. The zero-order chi connectivity index (χ0) is 23.9. The summed E-state index contributed by atoms with van der Waals surface area (Å²) in [5.41, 5.74) is -12.8. The van der Waals surface area contributed by atoms with Gasteiger partial charge in [-0.25, -0.2) is 8.78 Å². The molecule has 0 saturated heterocycles. The number of hydrogen-bond donors (Lipinski definition) is 1. The van der Waals surface area contributed by atoms with Crippen LogP contribution in [0.25, 0.3) is 0 Å². The molecule has 0 radical (unpaired) electrons. The van der Waals surface area contributed by atoms with Crippen molar-refractivity contribution in [1.82, 2.24) is 0 Å². The molecule has 29 heavy (non-hydrogen) atoms. The standard InChI is InChI=1S/C11H10F14O3S/c12-6(8(14,15)16,9(17,18)19)3-5(1-2-29(26,27)28)4-7(13,10(20,21)22)11(23,24)25/h5H,1-4H2,(H,26,27,28). The molecule has 0 aromatic rings. The topological polar surface area (TPSA) is 54.4 Å². The average molecular weight is 488 g/mol. The zero-order valence-corrected chi connectivity index (χ0v) is 14.2. The van der Waals surface area contributed by atoms with Crippen molar-refractivity contribution in [1.29, 1.82) is 0 Å². The Morgan fingerprint density at radius 3 is 1.00 bits per heavy atom. The third-order valence-electron chi connectivity index (χ3n) is 3.72. The molecular weight excluding hydrogens is 478 g/mol. The summed E-state index contributed by atoms with van der Waals surface area (Å²) in [5, 5.41) is 0. The summed E-state index contributed by atoms with van der Waals surface area (Å²) >= 11 is 0. The molecule has 0 aliphatic carbocycles. The van der Waals surface area contributed by atoms with Crippen molar-refractivity contribution in [2.24, 2.45) is 5.92 Å². The monoisotopic (exact) mass is 488 g/mol. The highest BCUT2D eigenvalue weighted by molar-refractivity contribution is 7.85. The number of rotatable bonds is 7. The molecule has 0 aromatic carbocycles. The van der Waals surface area contributed by atoms with Gasteiger partial charge in [0, 0.05) is 12.8 Å². The Labute approximate surface area is 152 Å². The molecule has 0 rings (SSSR count). The molecule has 1 N–H and O–H groups in total. The van der Waals surface area contributed by atoms with Crippen LogP contribution in [0.4, 0.5) is 61.5 Å². The first kappa shape index (κ1) is 27.9. The lowest BCUT2D eigenvalue weighted by Gasteiger charge is -2.37. The maximum Gasteiger partial charge on any atom is 0.431 e. The molecule has 0 aliphatic rings. The van der Waals surface area contributed by atoms with E-state index in [0.29, 0.717) is 0 Å². The van der Waals surface area contributed by atoms with Gasteiger partial charge in [0.1, 0.15) is 0 Å². The first-order valence-corrected chi connectivity index (χ1v) is 8.49. The van der Waals surface area contributed by atoms with Crippen LogP contribution in [-0.4, -0.2) is 54.8 Å². The van der Waals surface area contributed by atoms with Crippen molar-refractivity contribution in [2.45, 2.75) is 55.3 Å². The van der Waals surface area contributed by atoms with Crippen molar-refractivity contribution in [3.63, 3.8) is 0 Å². The minimum absolute atomic E-state index is 1.96. The molecule has 0 saturated carbocycles. The molecule has 176 valence electrons. The molecule has 0 heterocycles. The van der Waals surface area contributed by atoms with Gasteiger partial charge in [-0.3, -0.25) is 4.55 Å². The summed E-state index contributed by atoms with van der Waals surface area (Å²) in [4.78, 5) is 0. The van der Waals surface area contributed by atoms with Crippen molar-refractivity contribution in [3.8, 4) is 0 Å². The molecule has 18 heteroatoms. The molecule has 0 spiro atoms. The largest absolute Gasteiger partial charge is 0.431 e. The SMILES string of the molecule is O=S(=O)(O)CCC(CC(F)(C(F)(F)F)C(F)(F)F)CC(F)(C(F)(F)F)C(F)(F)F. The van der Waals surface area contributed by atoms with Gasteiger partial charge in [-0.05, 0) is 12.3 Å². The molecule has 0 amide bonds. The second-order valence-electron chi connectivity index (χ2n) is 5.94. The van der Waals surface area contributed by atoms with Crippen LogP contribution in [0, 0.1) is 5.92 Å². The van der Waals surface area contributed by atoms with E-state index in [-0.39, 0.29) is 0 Å². The van der Waals surface area contributed by atoms with Gasteiger partial charge in [-0.2, -0.15) is 61.1 Å². The predicted molar refractivity (Wildman–Crippen MR) is 65.7 cm³/mol. The molecule has 0 atom stereocenters. The van der Waals surface area contributed by atoms with Crippen LogP contribution in [0.15, 0.2) is 0 Å². The Morgan fingerprint density at radius 1 is 0.586 bits per heavy atom. The molecule has 0 aliphatic heterocycles. The molecular formula is C11H10F14O3S. The van der Waals surface area contributed by atoms with Crippen molar-refractivity contribution < 1.29 is 74.4 Å². The maximum absolute atomic E-state index is 13.7. The van der Waals surface area contributed by atoms with Gasteiger partial charge in [0.25, 0.3) is 21.5 Å². The summed E-state index contributed by atoms with van der Waals surface area (Å²) in [6.07, 6.45) is -36.0. The highest BCUT2D eigenvalue weighted by atomic mass is 32.2. The van der Waals surface area contributed by atoms with E-state index in [0.717, 1.165) is 0 Å². The first-order valence-electron chi connectivity index (χ1n) is 6.88. The second-order valence-corrected chi connectivity index (χ2v) is 7.51. The first-order chi connectivity index (χ1) is 12.3. The van der Waals surface area contributed by atoms with Crippen LogP contribution in [0.3, 0.4) is 0 Å². The van der Waals surface area contributed by atoms with Gasteiger partial charge in [0.05, 0.1) is 5.75 Å². The summed E-state index contributed by atoms with van der Waals surface area (Å²) in [6.45, 7) is 0. The van der Waals surface area contributed by atoms with Crippen molar-refractivity contribution in [3.05, 3.63) is 0 Å². The minimum atomic E-state index is -6.91. The number of alkyl halides is 14. The van der Waals surface area contributed by atoms with E-state index >= 15 is 0 Å². The lowest BCUT2D eigenvalue weighted by Crippen LogP contribution is -2.57. The predicted octanol–water partition coefficient (Wildman–Crippen LogP) is 5.33. The highest BCUT2D eigenvalue weighted by Gasteiger charge is 2.75. The fourth-order valence-corrected chi connectivity index (χ4v) is 2.80. The van der Waals surface area contributed by atoms with Crippen LogP contribution in [0.2, 0.25) is 0 Å². The van der Waals surface area contributed by atoms with E-state index in [9.17, 15) is 69.9 Å². The molecule has 0 fully saturated rings. The van der Waals surface area contributed by atoms with Crippen molar-refractivity contribution in [2.75, 3.05) is 5.75 Å². The van der Waals surface area contributed by atoms with Crippen LogP contribution in [0.5, 0.6) is 0 Å². The van der Waals surface area contributed by atoms with Crippen LogP contribution in [-0.2, 0) is 10.1 Å². The lowest BCUT2D eigenvalue weighted by molar-refractivity contribution is -0.356. The number of hydrogen-bond acceptors (Lipinski definition) is 2. The van der Waals surface area contributed by atoms with Crippen LogP contribution < -0.4 is 0 Å². The lowest BCUT2D eigenvalue weighted by atomic mass is 9.81. The fraction of sp³-hybridized carbons (Fsp3) is 1.00. The van der Waals surface area contributed by atoms with Gasteiger partial charge in [0.15, 0.2) is 0 Å². The Hall–Kier alpha value is -1.07. The van der Waals surface area contributed by atoms with E-state index < -0.39 is 77.1 Å². The normalized spacial score (nSPS) is 15.9. The number of halogens is 14. The van der Waals surface area contributed by atoms with E-state index in [4.69, 9.17) is 4.55 Å². The summed E-state index contributed by atoms with van der Waals surface area (Å²) in [7, 11) is -5.34. The highest BCUT2D eigenvalue weighted by Crippen LogP contribution is 2.54. The smallest absolute Gasteiger partial charge is 0.286 e. The van der Waals surface area contributed by atoms with Crippen molar-refractivity contribution >= 4 is 10.1 Å². The van der Waals surface area contributed by atoms with Gasteiger partial charge in [-0.15, -0.1) is 0 Å². The molecule has 0 aromatic heterocycles. The van der Waals surface area contributed by atoms with Crippen LogP contribution in [0.1, 0.15) is 19.3 Å². The Kier molecular flexibility index (Phi) is 7.59. The summed E-state index contributed by atoms with van der Waals surface area (Å²) < 4.78 is 207. The second kappa shape index (κ2) is 7.88. The molecule has 0 bridgehead atoms. The maximum atomic E-state index is 13.7. The van der Waals surface area contributed by atoms with E-state index in [2.05, 4.69) is 0 Å². The summed E-state index contributed by atoms with van der Waals surface area (Å²) in [6, 6.07) is 0. The fourth-order valence-electron chi connectivity index (χ4n) is 2.17.